The minimum absolute atomic E-state index is 1.27. The van der Waals surface area contributed by atoms with Crippen LogP contribution in [0, 0.1) is 30.6 Å². The fourth-order valence-corrected chi connectivity index (χ4v) is 2.31. The first kappa shape index (κ1) is 6.94. The minimum Gasteiger partial charge on any atom is -0.0762 e. The molecule has 0 aliphatic heterocycles. The highest BCUT2D eigenvalue weighted by Gasteiger charge is 2.41. The van der Waals surface area contributed by atoms with Crippen LogP contribution in [0.5, 0.6) is 0 Å². The van der Waals surface area contributed by atoms with Crippen molar-refractivity contribution in [2.75, 3.05) is 0 Å². The second-order valence-corrected chi connectivity index (χ2v) is 3.59. The third kappa shape index (κ3) is 0.840. The summed E-state index contributed by atoms with van der Waals surface area (Å²) in [5.74, 6) is 4.54. The van der Waals surface area contributed by atoms with Gasteiger partial charge in [0.25, 0.3) is 0 Å². The molecule has 0 bridgehead atoms. The van der Waals surface area contributed by atoms with Gasteiger partial charge in [-0.15, -0.1) is 0 Å². The minimum atomic E-state index is 1.27. The van der Waals surface area contributed by atoms with Crippen molar-refractivity contribution in [3.63, 3.8) is 0 Å². The van der Waals surface area contributed by atoms with Gasteiger partial charge in [0.05, 0.1) is 0 Å². The molecule has 0 aromatic carbocycles. The molecule has 0 atom stereocenters. The van der Waals surface area contributed by atoms with Gasteiger partial charge in [-0.1, -0.05) is 23.8 Å². The van der Waals surface area contributed by atoms with Gasteiger partial charge >= 0.3 is 0 Å². The molecule has 2 saturated carbocycles. The monoisotopic (exact) mass is 155 g/mol. The Bertz CT molecular complexity index is 247. The van der Waals surface area contributed by atoms with Crippen LogP contribution in [0.4, 0.5) is 0 Å². The lowest BCUT2D eigenvalue weighted by Gasteiger charge is -2.31. The van der Waals surface area contributed by atoms with Gasteiger partial charge in [-0.3, -0.25) is 0 Å². The molecule has 3 aliphatic carbocycles. The van der Waals surface area contributed by atoms with Gasteiger partial charge in [0, 0.05) is 11.8 Å². The van der Waals surface area contributed by atoms with E-state index in [9.17, 15) is 0 Å². The Labute approximate surface area is 74.4 Å². The van der Waals surface area contributed by atoms with E-state index in [1.165, 1.54) is 25.2 Å². The molecule has 3 rings (SSSR count). The summed E-state index contributed by atoms with van der Waals surface area (Å²) in [6.45, 7) is 0. The second-order valence-electron chi connectivity index (χ2n) is 3.59. The third-order valence-electron chi connectivity index (χ3n) is 2.86. The largest absolute Gasteiger partial charge is 0.0762 e. The van der Waals surface area contributed by atoms with Crippen molar-refractivity contribution < 1.29 is 0 Å². The van der Waals surface area contributed by atoms with Gasteiger partial charge in [0.1, 0.15) is 0 Å². The smallest absolute Gasteiger partial charge is 0.0191 e. The lowest BCUT2D eigenvalue weighted by molar-refractivity contribution is 0.688. The summed E-state index contributed by atoms with van der Waals surface area (Å²) in [7, 11) is 0. The van der Waals surface area contributed by atoms with E-state index in [2.05, 4.69) is 31.1 Å². The Morgan fingerprint density at radius 2 is 2.08 bits per heavy atom. The zero-order chi connectivity index (χ0) is 7.97. The second kappa shape index (κ2) is 2.48. The summed E-state index contributed by atoms with van der Waals surface area (Å²) in [6.07, 6.45) is 15.1. The lowest BCUT2D eigenvalue weighted by Crippen LogP contribution is -2.17. The topological polar surface area (TPSA) is 0 Å². The molecule has 59 valence electrons. The Morgan fingerprint density at radius 1 is 1.08 bits per heavy atom. The van der Waals surface area contributed by atoms with Crippen LogP contribution >= 0.6 is 0 Å². The van der Waals surface area contributed by atoms with Crippen LogP contribution in [0.1, 0.15) is 19.3 Å². The zero-order valence-corrected chi connectivity index (χ0v) is 7.01. The Balaban J connectivity index is 1.99. The molecular weight excluding hydrogens is 144 g/mol. The van der Waals surface area contributed by atoms with Crippen molar-refractivity contribution in [3.05, 3.63) is 54.4 Å². The van der Waals surface area contributed by atoms with Crippen molar-refractivity contribution in [3.8, 4) is 0 Å². The van der Waals surface area contributed by atoms with Gasteiger partial charge in [-0.05, 0) is 38.0 Å². The van der Waals surface area contributed by atoms with Crippen molar-refractivity contribution in [1.82, 2.24) is 0 Å². The van der Waals surface area contributed by atoms with Crippen LogP contribution in [0.3, 0.4) is 0 Å². The average Bonchev–Trinajstić information content (AvgIpc) is 2.52. The molecule has 0 aromatic rings. The molecule has 2 fully saturated rings. The number of hydrogen-bond acceptors (Lipinski definition) is 0. The van der Waals surface area contributed by atoms with Crippen LogP contribution in [0.2, 0.25) is 0 Å². The molecule has 0 heterocycles. The maximum absolute atomic E-state index is 2.29. The van der Waals surface area contributed by atoms with E-state index in [0.717, 1.165) is 0 Å². The predicted octanol–water partition coefficient (Wildman–Crippen LogP) is 2.81. The molecule has 0 heteroatoms. The Morgan fingerprint density at radius 3 is 3.08 bits per heavy atom. The molecule has 5 radical (unpaired) electrons. The highest BCUT2D eigenvalue weighted by atomic mass is 14.4. The maximum atomic E-state index is 2.29. The van der Waals surface area contributed by atoms with E-state index in [4.69, 9.17) is 0 Å². The van der Waals surface area contributed by atoms with Gasteiger partial charge in [-0.25, -0.2) is 0 Å². The first-order valence-corrected chi connectivity index (χ1v) is 4.61. The first-order valence-electron chi connectivity index (χ1n) is 4.61. The first-order chi connectivity index (χ1) is 5.95. The van der Waals surface area contributed by atoms with Crippen molar-refractivity contribution in [2.24, 2.45) is 0 Å². The molecule has 0 spiro atoms. The molecule has 0 aromatic heterocycles. The van der Waals surface area contributed by atoms with E-state index in [1.807, 2.05) is 0 Å². The van der Waals surface area contributed by atoms with Gasteiger partial charge in [0.15, 0.2) is 0 Å². The maximum Gasteiger partial charge on any atom is 0.0191 e. The summed E-state index contributed by atoms with van der Waals surface area (Å²) in [5, 5.41) is 0. The molecule has 0 unspecified atom stereocenters. The van der Waals surface area contributed by atoms with E-state index < -0.39 is 0 Å². The number of allylic oxidation sites excluding steroid dienone is 4. The Hall–Kier alpha value is -0.520. The normalized spacial score (nSPS) is 30.5. The fourth-order valence-electron chi connectivity index (χ4n) is 2.31. The third-order valence-corrected chi connectivity index (χ3v) is 2.86. The van der Waals surface area contributed by atoms with Crippen molar-refractivity contribution >= 4 is 0 Å². The van der Waals surface area contributed by atoms with Crippen LogP contribution in [-0.4, -0.2) is 0 Å². The molecular formula is C12H11. The van der Waals surface area contributed by atoms with Gasteiger partial charge in [-0.2, -0.15) is 0 Å². The molecule has 0 amide bonds. The SMILES string of the molecule is [CH]1[CH][C]2CCCC3=CC=C[C]1[C]23. The van der Waals surface area contributed by atoms with Crippen molar-refractivity contribution in [1.29, 1.82) is 0 Å². The summed E-state index contributed by atoms with van der Waals surface area (Å²) in [4.78, 5) is 0. The summed E-state index contributed by atoms with van der Waals surface area (Å²) in [6, 6.07) is 0. The quantitative estimate of drug-likeness (QED) is 0.504. The molecule has 0 nitrogen and oxygen atoms in total. The highest BCUT2D eigenvalue weighted by Crippen LogP contribution is 2.53. The number of hydrogen-bond donors (Lipinski definition) is 0. The summed E-state index contributed by atoms with van der Waals surface area (Å²) >= 11 is 0. The summed E-state index contributed by atoms with van der Waals surface area (Å²) < 4.78 is 0. The van der Waals surface area contributed by atoms with Gasteiger partial charge < -0.3 is 0 Å². The molecule has 0 saturated heterocycles. The lowest BCUT2D eigenvalue weighted by atomic mass is 9.72. The van der Waals surface area contributed by atoms with Crippen LogP contribution in [-0.2, 0) is 0 Å². The molecule has 3 aliphatic rings. The fraction of sp³-hybridized carbons (Fsp3) is 0.250. The summed E-state index contributed by atoms with van der Waals surface area (Å²) in [5.41, 5.74) is 1.55. The average molecular weight is 155 g/mol. The zero-order valence-electron chi connectivity index (χ0n) is 7.01. The Kier molecular flexibility index (Phi) is 1.44. The van der Waals surface area contributed by atoms with Crippen LogP contribution in [0.25, 0.3) is 0 Å². The predicted molar refractivity (Wildman–Crippen MR) is 49.4 cm³/mol. The van der Waals surface area contributed by atoms with E-state index in [-0.39, 0.29) is 0 Å². The highest BCUT2D eigenvalue weighted by molar-refractivity contribution is 5.66. The van der Waals surface area contributed by atoms with Crippen LogP contribution in [0.15, 0.2) is 23.8 Å². The van der Waals surface area contributed by atoms with Crippen molar-refractivity contribution in [2.45, 2.75) is 19.3 Å². The number of rotatable bonds is 0. The molecule has 12 heavy (non-hydrogen) atoms. The molecule has 0 N–H and O–H groups in total. The van der Waals surface area contributed by atoms with E-state index in [1.54, 1.807) is 17.4 Å². The van der Waals surface area contributed by atoms with E-state index >= 15 is 0 Å². The van der Waals surface area contributed by atoms with E-state index in [0.29, 0.717) is 0 Å². The standard InChI is InChI=1S/C12H11/c1-3-9-4-2-6-11-8-7-10(5-1)12(9)11/h1,3,5,7-8H,2,4,6H2. The van der Waals surface area contributed by atoms with Crippen LogP contribution < -0.4 is 0 Å². The van der Waals surface area contributed by atoms with Gasteiger partial charge in [0.2, 0.25) is 0 Å².